The minimum atomic E-state index is -0.138. The molecule has 3 rings (SSSR count). The van der Waals surface area contributed by atoms with E-state index in [-0.39, 0.29) is 12.5 Å². The number of imidazole rings is 1. The zero-order valence-corrected chi connectivity index (χ0v) is 12.7. The zero-order chi connectivity index (χ0) is 14.8. The Hall–Kier alpha value is -1.73. The van der Waals surface area contributed by atoms with Gasteiger partial charge in [0.25, 0.3) is 0 Å². The second-order valence-electron chi connectivity index (χ2n) is 5.32. The van der Waals surface area contributed by atoms with Gasteiger partial charge in [-0.15, -0.1) is 0 Å². The molecule has 1 saturated heterocycles. The summed E-state index contributed by atoms with van der Waals surface area (Å²) in [5, 5.41) is 0. The topological polar surface area (TPSA) is 65.3 Å². The van der Waals surface area contributed by atoms with Crippen molar-refractivity contribution in [3.8, 4) is 0 Å². The lowest BCUT2D eigenvalue weighted by Crippen LogP contribution is -2.28. The van der Waals surface area contributed by atoms with E-state index in [0.29, 0.717) is 6.61 Å². The molecule has 2 aromatic heterocycles. The van der Waals surface area contributed by atoms with Gasteiger partial charge in [0.1, 0.15) is 12.6 Å². The van der Waals surface area contributed by atoms with Crippen LogP contribution in [0.3, 0.4) is 0 Å². The van der Waals surface area contributed by atoms with E-state index in [4.69, 9.17) is 9.47 Å². The van der Waals surface area contributed by atoms with Gasteiger partial charge in [-0.05, 0) is 26.2 Å². The molecule has 2 aromatic rings. The van der Waals surface area contributed by atoms with Crippen molar-refractivity contribution in [1.82, 2.24) is 19.5 Å². The van der Waals surface area contributed by atoms with E-state index in [0.717, 1.165) is 36.2 Å². The quantitative estimate of drug-likeness (QED) is 0.858. The average molecular weight is 291 g/mol. The van der Waals surface area contributed by atoms with E-state index in [2.05, 4.69) is 15.0 Å². The summed E-state index contributed by atoms with van der Waals surface area (Å²) in [6.07, 6.45) is 6.09. The van der Waals surface area contributed by atoms with Crippen LogP contribution < -0.4 is 4.90 Å². The second-order valence-corrected chi connectivity index (χ2v) is 5.32. The van der Waals surface area contributed by atoms with Gasteiger partial charge in [0, 0.05) is 20.7 Å². The molecular weight excluding hydrogens is 270 g/mol. The standard InChI is InChI=1S/C14H21N5O2/c1-4-20-11-7-5-6-10(21-11)19-9-17-12-13(18(2)3)15-8-16-14(12)19/h8-11H,4-7H2,1-3H3. The molecular formula is C14H21N5O2. The number of hydrogen-bond acceptors (Lipinski definition) is 6. The van der Waals surface area contributed by atoms with Crippen LogP contribution in [0.2, 0.25) is 0 Å². The third-order valence-corrected chi connectivity index (χ3v) is 3.63. The molecule has 0 radical (unpaired) electrons. The lowest BCUT2D eigenvalue weighted by atomic mass is 10.1. The molecule has 1 aliphatic rings. The zero-order valence-electron chi connectivity index (χ0n) is 12.7. The van der Waals surface area contributed by atoms with E-state index >= 15 is 0 Å². The third-order valence-electron chi connectivity index (χ3n) is 3.63. The first kappa shape index (κ1) is 14.2. The maximum Gasteiger partial charge on any atom is 0.167 e. The predicted octanol–water partition coefficient (Wildman–Crippen LogP) is 1.95. The molecule has 7 heteroatoms. The smallest absolute Gasteiger partial charge is 0.167 e. The van der Waals surface area contributed by atoms with Crippen LogP contribution in [0, 0.1) is 0 Å². The fraction of sp³-hybridized carbons (Fsp3) is 0.643. The van der Waals surface area contributed by atoms with Crippen molar-refractivity contribution >= 4 is 17.0 Å². The van der Waals surface area contributed by atoms with E-state index in [9.17, 15) is 0 Å². The summed E-state index contributed by atoms with van der Waals surface area (Å²) in [5.41, 5.74) is 1.60. The molecule has 0 aliphatic carbocycles. The first-order valence-electron chi connectivity index (χ1n) is 7.32. The molecule has 0 aromatic carbocycles. The van der Waals surface area contributed by atoms with Crippen LogP contribution in [0.4, 0.5) is 5.82 Å². The molecule has 3 heterocycles. The first-order chi connectivity index (χ1) is 10.2. The fourth-order valence-corrected chi connectivity index (χ4v) is 2.66. The number of hydrogen-bond donors (Lipinski definition) is 0. The van der Waals surface area contributed by atoms with E-state index in [1.807, 2.05) is 30.5 Å². The molecule has 0 N–H and O–H groups in total. The Kier molecular flexibility index (Phi) is 4.03. The third kappa shape index (κ3) is 2.71. The van der Waals surface area contributed by atoms with Crippen molar-refractivity contribution in [2.45, 2.75) is 38.7 Å². The van der Waals surface area contributed by atoms with Crippen molar-refractivity contribution in [3.05, 3.63) is 12.7 Å². The van der Waals surface area contributed by atoms with Crippen LogP contribution in [-0.2, 0) is 9.47 Å². The van der Waals surface area contributed by atoms with Crippen molar-refractivity contribution < 1.29 is 9.47 Å². The van der Waals surface area contributed by atoms with Gasteiger partial charge in [-0.3, -0.25) is 4.57 Å². The van der Waals surface area contributed by atoms with Gasteiger partial charge in [-0.2, -0.15) is 0 Å². The maximum absolute atomic E-state index is 6.01. The second kappa shape index (κ2) is 5.95. The summed E-state index contributed by atoms with van der Waals surface area (Å²) in [7, 11) is 3.89. The molecule has 2 unspecified atom stereocenters. The maximum atomic E-state index is 6.01. The number of aromatic nitrogens is 4. The van der Waals surface area contributed by atoms with Crippen molar-refractivity contribution in [1.29, 1.82) is 0 Å². The van der Waals surface area contributed by atoms with Crippen LogP contribution in [0.5, 0.6) is 0 Å². The molecule has 21 heavy (non-hydrogen) atoms. The lowest BCUT2D eigenvalue weighted by Gasteiger charge is -2.30. The molecule has 1 fully saturated rings. The Morgan fingerprint density at radius 3 is 2.95 bits per heavy atom. The molecule has 0 saturated carbocycles. The van der Waals surface area contributed by atoms with E-state index in [1.165, 1.54) is 0 Å². The number of rotatable bonds is 4. The van der Waals surface area contributed by atoms with Gasteiger partial charge in [-0.1, -0.05) is 0 Å². The largest absolute Gasteiger partial charge is 0.361 e. The van der Waals surface area contributed by atoms with Crippen LogP contribution in [-0.4, -0.2) is 46.5 Å². The summed E-state index contributed by atoms with van der Waals surface area (Å²) in [6.45, 7) is 2.64. The van der Waals surface area contributed by atoms with Crippen molar-refractivity contribution in [3.63, 3.8) is 0 Å². The van der Waals surface area contributed by atoms with Gasteiger partial charge < -0.3 is 14.4 Å². The highest BCUT2D eigenvalue weighted by atomic mass is 16.7. The highest BCUT2D eigenvalue weighted by Gasteiger charge is 2.26. The Morgan fingerprint density at radius 1 is 1.33 bits per heavy atom. The van der Waals surface area contributed by atoms with E-state index < -0.39 is 0 Å². The normalized spacial score (nSPS) is 22.6. The Bertz CT molecular complexity index is 610. The molecule has 2 atom stereocenters. The SMILES string of the molecule is CCOC1CCCC(n2cnc3c(N(C)C)ncnc32)O1. The van der Waals surface area contributed by atoms with Gasteiger partial charge in [0.05, 0.1) is 6.33 Å². The van der Waals surface area contributed by atoms with Crippen LogP contribution in [0.25, 0.3) is 11.2 Å². The molecule has 0 bridgehead atoms. The van der Waals surface area contributed by atoms with Gasteiger partial charge >= 0.3 is 0 Å². The Labute approximate surface area is 123 Å². The molecule has 1 aliphatic heterocycles. The van der Waals surface area contributed by atoms with Crippen LogP contribution >= 0.6 is 0 Å². The predicted molar refractivity (Wildman–Crippen MR) is 79.0 cm³/mol. The van der Waals surface area contributed by atoms with Crippen molar-refractivity contribution in [2.75, 3.05) is 25.6 Å². The van der Waals surface area contributed by atoms with Crippen LogP contribution in [0.15, 0.2) is 12.7 Å². The lowest BCUT2D eigenvalue weighted by molar-refractivity contribution is -0.211. The monoisotopic (exact) mass is 291 g/mol. The molecule has 0 spiro atoms. The van der Waals surface area contributed by atoms with Crippen molar-refractivity contribution in [2.24, 2.45) is 0 Å². The summed E-state index contributed by atoms with van der Waals surface area (Å²) in [5.74, 6) is 0.816. The summed E-state index contributed by atoms with van der Waals surface area (Å²) < 4.78 is 13.6. The minimum Gasteiger partial charge on any atom is -0.361 e. The Balaban J connectivity index is 1.92. The van der Waals surface area contributed by atoms with Crippen LogP contribution in [0.1, 0.15) is 32.4 Å². The summed E-state index contributed by atoms with van der Waals surface area (Å²) in [6, 6.07) is 0. The minimum absolute atomic E-state index is 0.0785. The number of nitrogens with zero attached hydrogens (tertiary/aromatic N) is 5. The highest BCUT2D eigenvalue weighted by molar-refractivity contribution is 5.83. The van der Waals surface area contributed by atoms with Gasteiger partial charge in [0.2, 0.25) is 0 Å². The summed E-state index contributed by atoms with van der Waals surface area (Å²) in [4.78, 5) is 15.1. The Morgan fingerprint density at radius 2 is 2.19 bits per heavy atom. The van der Waals surface area contributed by atoms with Gasteiger partial charge in [-0.25, -0.2) is 15.0 Å². The highest BCUT2D eigenvalue weighted by Crippen LogP contribution is 2.30. The van der Waals surface area contributed by atoms with E-state index in [1.54, 1.807) is 12.7 Å². The fourth-order valence-electron chi connectivity index (χ4n) is 2.66. The number of fused-ring (bicyclic) bond motifs is 1. The number of ether oxygens (including phenoxy) is 2. The molecule has 114 valence electrons. The molecule has 7 nitrogen and oxygen atoms in total. The molecule has 0 amide bonds. The first-order valence-corrected chi connectivity index (χ1v) is 7.32. The number of anilines is 1. The van der Waals surface area contributed by atoms with Gasteiger partial charge in [0.15, 0.2) is 23.3 Å². The summed E-state index contributed by atoms with van der Waals surface area (Å²) >= 11 is 0. The average Bonchev–Trinajstić information content (AvgIpc) is 2.91.